The Kier molecular flexibility index (Phi) is 5.08. The van der Waals surface area contributed by atoms with Crippen LogP contribution in [0.5, 0.6) is 0 Å². The molecule has 0 aliphatic carbocycles. The Bertz CT molecular complexity index is 995. The van der Waals surface area contributed by atoms with Crippen LogP contribution in [0.1, 0.15) is 20.8 Å². The number of hydrogen-bond donors (Lipinski definition) is 0. The summed E-state index contributed by atoms with van der Waals surface area (Å²) in [5, 5.41) is 6.25. The van der Waals surface area contributed by atoms with Crippen LogP contribution in [0.15, 0.2) is 26.8 Å². The molecule has 0 amide bonds. The van der Waals surface area contributed by atoms with Gasteiger partial charge in [-0.15, -0.1) is 0 Å². The van der Waals surface area contributed by atoms with Gasteiger partial charge < -0.3 is 4.74 Å². The molecule has 0 bridgehead atoms. The SMILES string of the molecule is CC=CCn1c(=O)c2c(nc3n2CC(C)=NN3CCOCC)n(C)c1=O. The summed E-state index contributed by atoms with van der Waals surface area (Å²) in [5.74, 6) is 0.557. The van der Waals surface area contributed by atoms with E-state index < -0.39 is 0 Å². The predicted molar refractivity (Wildman–Crippen MR) is 101 cm³/mol. The minimum Gasteiger partial charge on any atom is -0.380 e. The van der Waals surface area contributed by atoms with Gasteiger partial charge in [0.15, 0.2) is 11.2 Å². The first kappa shape index (κ1) is 18.1. The quantitative estimate of drug-likeness (QED) is 0.559. The second kappa shape index (κ2) is 7.28. The summed E-state index contributed by atoms with van der Waals surface area (Å²) < 4.78 is 9.89. The van der Waals surface area contributed by atoms with Crippen molar-refractivity contribution in [3.8, 4) is 0 Å². The first-order chi connectivity index (χ1) is 12.5. The molecule has 0 atom stereocenters. The fourth-order valence-corrected chi connectivity index (χ4v) is 3.04. The van der Waals surface area contributed by atoms with Crippen LogP contribution in [0, 0.1) is 0 Å². The third-order valence-corrected chi connectivity index (χ3v) is 4.30. The summed E-state index contributed by atoms with van der Waals surface area (Å²) in [6.07, 6.45) is 3.59. The Labute approximate surface area is 150 Å². The minimum atomic E-state index is -0.380. The molecule has 2 aromatic rings. The van der Waals surface area contributed by atoms with E-state index in [0.29, 0.717) is 43.4 Å². The maximum absolute atomic E-state index is 13.0. The van der Waals surface area contributed by atoms with Crippen LogP contribution in [0.4, 0.5) is 5.95 Å². The maximum atomic E-state index is 13.0. The molecule has 1 aliphatic heterocycles. The van der Waals surface area contributed by atoms with Crippen molar-refractivity contribution in [1.29, 1.82) is 0 Å². The van der Waals surface area contributed by atoms with Crippen LogP contribution in [-0.4, -0.2) is 44.2 Å². The molecule has 3 heterocycles. The lowest BCUT2D eigenvalue weighted by molar-refractivity contribution is 0.153. The Morgan fingerprint density at radius 2 is 2.08 bits per heavy atom. The van der Waals surface area contributed by atoms with E-state index in [0.717, 1.165) is 5.71 Å². The number of aryl methyl sites for hydroxylation is 1. The fourth-order valence-electron chi connectivity index (χ4n) is 3.04. The van der Waals surface area contributed by atoms with Crippen LogP contribution < -0.4 is 16.3 Å². The van der Waals surface area contributed by atoms with Crippen molar-refractivity contribution >= 4 is 22.8 Å². The highest BCUT2D eigenvalue weighted by Gasteiger charge is 2.26. The predicted octanol–water partition coefficient (Wildman–Crippen LogP) is 0.705. The summed E-state index contributed by atoms with van der Waals surface area (Å²) in [5.41, 5.74) is 0.941. The minimum absolute atomic E-state index is 0.236. The summed E-state index contributed by atoms with van der Waals surface area (Å²) in [7, 11) is 1.63. The number of hydrogen-bond acceptors (Lipinski definition) is 6. The number of anilines is 1. The third kappa shape index (κ3) is 2.98. The van der Waals surface area contributed by atoms with Crippen molar-refractivity contribution in [2.75, 3.05) is 24.8 Å². The van der Waals surface area contributed by atoms with Gasteiger partial charge in [-0.1, -0.05) is 12.2 Å². The van der Waals surface area contributed by atoms with Crippen molar-refractivity contribution < 1.29 is 4.74 Å². The van der Waals surface area contributed by atoms with Crippen LogP contribution in [0.2, 0.25) is 0 Å². The van der Waals surface area contributed by atoms with Crippen molar-refractivity contribution in [3.63, 3.8) is 0 Å². The molecular formula is C17H24N6O3. The van der Waals surface area contributed by atoms with E-state index in [-0.39, 0.29) is 17.8 Å². The Balaban J connectivity index is 2.19. The molecule has 3 rings (SSSR count). The number of allylic oxidation sites excluding steroid dienone is 2. The average Bonchev–Trinajstić information content (AvgIpc) is 2.99. The van der Waals surface area contributed by atoms with Gasteiger partial charge in [0.05, 0.1) is 25.4 Å². The molecule has 0 saturated heterocycles. The molecule has 1 aliphatic rings. The molecule has 0 spiro atoms. The van der Waals surface area contributed by atoms with Gasteiger partial charge in [0.25, 0.3) is 5.56 Å². The van der Waals surface area contributed by atoms with E-state index in [1.165, 1.54) is 9.13 Å². The summed E-state index contributed by atoms with van der Waals surface area (Å²) in [4.78, 5) is 30.1. The highest BCUT2D eigenvalue weighted by atomic mass is 16.5. The molecule has 9 heteroatoms. The second-order valence-electron chi connectivity index (χ2n) is 6.15. The summed E-state index contributed by atoms with van der Waals surface area (Å²) in [6.45, 7) is 8.04. The fraction of sp³-hybridized carbons (Fsp3) is 0.529. The topological polar surface area (TPSA) is 86.7 Å². The van der Waals surface area contributed by atoms with Crippen LogP contribution in [0.25, 0.3) is 11.2 Å². The lowest BCUT2D eigenvalue weighted by Gasteiger charge is -2.24. The molecule has 0 saturated carbocycles. The molecule has 9 nitrogen and oxygen atoms in total. The van der Waals surface area contributed by atoms with Crippen molar-refractivity contribution in [1.82, 2.24) is 18.7 Å². The Hall–Kier alpha value is -2.68. The first-order valence-corrected chi connectivity index (χ1v) is 8.70. The molecule has 0 fully saturated rings. The number of fused-ring (bicyclic) bond motifs is 3. The van der Waals surface area contributed by atoms with Gasteiger partial charge in [0.1, 0.15) is 0 Å². The zero-order valence-electron chi connectivity index (χ0n) is 15.6. The molecule has 0 aromatic carbocycles. The van der Waals surface area contributed by atoms with E-state index in [9.17, 15) is 9.59 Å². The lowest BCUT2D eigenvalue weighted by atomic mass is 10.3. The van der Waals surface area contributed by atoms with Gasteiger partial charge in [-0.2, -0.15) is 10.1 Å². The van der Waals surface area contributed by atoms with Crippen LogP contribution >= 0.6 is 0 Å². The number of aromatic nitrogens is 4. The Morgan fingerprint density at radius 3 is 2.77 bits per heavy atom. The van der Waals surface area contributed by atoms with Gasteiger partial charge in [-0.3, -0.25) is 18.5 Å². The highest BCUT2D eigenvalue weighted by molar-refractivity contribution is 5.87. The molecule has 0 unspecified atom stereocenters. The smallest absolute Gasteiger partial charge is 0.332 e. The number of ether oxygens (including phenoxy) is 1. The lowest BCUT2D eigenvalue weighted by Crippen LogP contribution is -2.39. The first-order valence-electron chi connectivity index (χ1n) is 8.70. The van der Waals surface area contributed by atoms with Gasteiger partial charge in [0, 0.05) is 20.2 Å². The maximum Gasteiger partial charge on any atom is 0.332 e. The number of hydrazone groups is 1. The average molecular weight is 360 g/mol. The van der Waals surface area contributed by atoms with Crippen molar-refractivity contribution in [3.05, 3.63) is 33.0 Å². The third-order valence-electron chi connectivity index (χ3n) is 4.30. The normalized spacial score (nSPS) is 14.3. The molecule has 2 aromatic heterocycles. The second-order valence-corrected chi connectivity index (χ2v) is 6.15. The van der Waals surface area contributed by atoms with Gasteiger partial charge >= 0.3 is 5.69 Å². The van der Waals surface area contributed by atoms with Gasteiger partial charge in [-0.25, -0.2) is 9.80 Å². The number of nitrogens with zero attached hydrogens (tertiary/aromatic N) is 6. The molecule has 140 valence electrons. The molecule has 0 N–H and O–H groups in total. The highest BCUT2D eigenvalue weighted by Crippen LogP contribution is 2.23. The van der Waals surface area contributed by atoms with Gasteiger partial charge in [-0.05, 0) is 20.8 Å². The van der Waals surface area contributed by atoms with Crippen LogP contribution in [0.3, 0.4) is 0 Å². The van der Waals surface area contributed by atoms with Gasteiger partial charge in [0.2, 0.25) is 5.95 Å². The van der Waals surface area contributed by atoms with Crippen molar-refractivity contribution in [2.45, 2.75) is 33.9 Å². The molecule has 0 radical (unpaired) electrons. The molecular weight excluding hydrogens is 336 g/mol. The Morgan fingerprint density at radius 1 is 1.31 bits per heavy atom. The summed E-state index contributed by atoms with van der Waals surface area (Å²) in [6, 6.07) is 0. The monoisotopic (exact) mass is 360 g/mol. The van der Waals surface area contributed by atoms with Crippen LogP contribution in [-0.2, 0) is 24.9 Å². The largest absolute Gasteiger partial charge is 0.380 e. The van der Waals surface area contributed by atoms with E-state index in [4.69, 9.17) is 4.74 Å². The van der Waals surface area contributed by atoms with E-state index in [2.05, 4.69) is 10.1 Å². The summed E-state index contributed by atoms with van der Waals surface area (Å²) >= 11 is 0. The van der Waals surface area contributed by atoms with E-state index >= 15 is 0 Å². The standard InChI is InChI=1S/C17H24N6O3/c1-5-7-8-21-15(24)13-14(20(4)17(21)25)18-16-22(13)11-12(3)19-23(16)9-10-26-6-2/h5,7H,6,8-11H2,1-4H3. The number of imidazole rings is 1. The number of rotatable bonds is 6. The zero-order valence-corrected chi connectivity index (χ0v) is 15.6. The van der Waals surface area contributed by atoms with Crippen molar-refractivity contribution in [2.24, 2.45) is 12.1 Å². The zero-order chi connectivity index (χ0) is 18.8. The van der Waals surface area contributed by atoms with E-state index in [1.807, 2.05) is 31.4 Å². The molecule has 26 heavy (non-hydrogen) atoms. The van der Waals surface area contributed by atoms with E-state index in [1.54, 1.807) is 18.1 Å².